The van der Waals surface area contributed by atoms with Crippen LogP contribution in [0.3, 0.4) is 0 Å². The number of morpholine rings is 1. The Morgan fingerprint density at radius 2 is 1.14 bits per heavy atom. The molecule has 6 aromatic rings. The molecule has 8 heteroatoms. The molecular weight excluding hydrogens is 524 g/mol. The lowest BCUT2D eigenvalue weighted by Gasteiger charge is -2.34. The zero-order valence-electron chi connectivity index (χ0n) is 23.3. The molecule has 1 fully saturated rings. The zero-order chi connectivity index (χ0) is 27.9. The van der Waals surface area contributed by atoms with Gasteiger partial charge in [-0.1, -0.05) is 24.3 Å². The average Bonchev–Trinajstić information content (AvgIpc) is 3.71. The maximum absolute atomic E-state index is 6.68. The zero-order valence-corrected chi connectivity index (χ0v) is 23.3. The number of hydrogen-bond acceptors (Lipinski definition) is 6. The highest BCUT2D eigenvalue weighted by atomic mass is 16.5. The molecule has 2 aliphatic heterocycles. The Morgan fingerprint density at radius 1 is 0.619 bits per heavy atom. The molecule has 2 N–H and O–H groups in total. The van der Waals surface area contributed by atoms with E-state index in [9.17, 15) is 0 Å². The Morgan fingerprint density at radius 3 is 1.74 bits per heavy atom. The Kier molecular flexibility index (Phi) is 6.35. The minimum absolute atomic E-state index is 0.843. The van der Waals surface area contributed by atoms with Crippen LogP contribution in [0, 0.1) is 0 Å². The monoisotopic (exact) mass is 556 g/mol. The van der Waals surface area contributed by atoms with E-state index in [2.05, 4.69) is 103 Å². The van der Waals surface area contributed by atoms with Crippen molar-refractivity contribution in [1.29, 1.82) is 0 Å². The van der Waals surface area contributed by atoms with Crippen molar-refractivity contribution in [2.75, 3.05) is 44.3 Å². The van der Waals surface area contributed by atoms with Crippen LogP contribution in [0.5, 0.6) is 11.5 Å². The minimum atomic E-state index is 0.843. The second-order valence-corrected chi connectivity index (χ2v) is 11.1. The van der Waals surface area contributed by atoms with Crippen LogP contribution >= 0.6 is 0 Å². The van der Waals surface area contributed by atoms with E-state index in [1.165, 1.54) is 0 Å². The number of ether oxygens (including phenoxy) is 2. The first-order valence-corrected chi connectivity index (χ1v) is 14.7. The Hall–Kier alpha value is -4.66. The molecule has 2 aromatic heterocycles. The van der Waals surface area contributed by atoms with Crippen molar-refractivity contribution in [2.45, 2.75) is 12.8 Å². The van der Waals surface area contributed by atoms with Gasteiger partial charge in [0, 0.05) is 30.4 Å². The van der Waals surface area contributed by atoms with Crippen LogP contribution in [0.1, 0.15) is 12.8 Å². The molecule has 4 aromatic carbocycles. The number of H-pyrrole nitrogens is 2. The number of benzene rings is 4. The lowest BCUT2D eigenvalue weighted by atomic mass is 10.0. The summed E-state index contributed by atoms with van der Waals surface area (Å²) in [6.07, 6.45) is 5.97. The van der Waals surface area contributed by atoms with Gasteiger partial charge < -0.3 is 14.4 Å². The van der Waals surface area contributed by atoms with Gasteiger partial charge in [0.25, 0.3) is 0 Å². The average molecular weight is 557 g/mol. The van der Waals surface area contributed by atoms with Gasteiger partial charge in [-0.15, -0.1) is 0 Å². The second-order valence-electron chi connectivity index (χ2n) is 11.1. The number of nitrogens with zero attached hydrogens (tertiary/aromatic N) is 4. The molecule has 42 heavy (non-hydrogen) atoms. The highest BCUT2D eigenvalue weighted by molar-refractivity contribution is 5.88. The van der Waals surface area contributed by atoms with Crippen LogP contribution in [0.4, 0.5) is 11.4 Å². The molecule has 0 atom stereocenters. The van der Waals surface area contributed by atoms with Gasteiger partial charge in [0.05, 0.1) is 48.0 Å². The number of rotatable bonds is 7. The fourth-order valence-corrected chi connectivity index (χ4v) is 6.16. The smallest absolute Gasteiger partial charge is 0.151 e. The van der Waals surface area contributed by atoms with E-state index in [-0.39, 0.29) is 0 Å². The predicted octanol–water partition coefficient (Wildman–Crippen LogP) is 7.13. The molecule has 0 saturated carbocycles. The summed E-state index contributed by atoms with van der Waals surface area (Å²) in [7, 11) is 0. The molecule has 210 valence electrons. The third-order valence-corrected chi connectivity index (χ3v) is 8.48. The molecule has 8 rings (SSSR count). The summed E-state index contributed by atoms with van der Waals surface area (Å²) in [5.74, 6) is 1.76. The lowest BCUT2D eigenvalue weighted by molar-refractivity contribution is 0.0373. The van der Waals surface area contributed by atoms with Gasteiger partial charge in [0.1, 0.15) is 0 Å². The van der Waals surface area contributed by atoms with Crippen molar-refractivity contribution >= 4 is 33.2 Å². The summed E-state index contributed by atoms with van der Waals surface area (Å²) < 4.78 is 12.2. The maximum Gasteiger partial charge on any atom is 0.151 e. The normalized spacial score (nSPS) is 15.1. The third kappa shape index (κ3) is 4.68. The number of unbranched alkanes of at least 4 members (excludes halogenated alkanes) is 1. The van der Waals surface area contributed by atoms with E-state index in [0.717, 1.165) is 119 Å². The molecule has 0 unspecified atom stereocenters. The summed E-state index contributed by atoms with van der Waals surface area (Å²) in [5.41, 5.74) is 8.80. The van der Waals surface area contributed by atoms with Gasteiger partial charge in [0.2, 0.25) is 0 Å². The van der Waals surface area contributed by atoms with Crippen LogP contribution in [-0.2, 0) is 4.74 Å². The first-order valence-electron chi connectivity index (χ1n) is 14.7. The Balaban J connectivity index is 1.12. The summed E-state index contributed by atoms with van der Waals surface area (Å²) in [6, 6.07) is 25.9. The second kappa shape index (κ2) is 10.6. The van der Waals surface area contributed by atoms with E-state index in [1.54, 1.807) is 0 Å². The van der Waals surface area contributed by atoms with E-state index in [4.69, 9.17) is 9.47 Å². The van der Waals surface area contributed by atoms with E-state index in [1.807, 2.05) is 12.4 Å². The van der Waals surface area contributed by atoms with E-state index in [0.29, 0.717) is 0 Å². The summed E-state index contributed by atoms with van der Waals surface area (Å²) in [4.78, 5) is 4.94. The molecule has 0 bridgehead atoms. The van der Waals surface area contributed by atoms with Gasteiger partial charge in [-0.25, -0.2) is 0 Å². The summed E-state index contributed by atoms with van der Waals surface area (Å²) in [5, 5.41) is 16.6. The van der Waals surface area contributed by atoms with Crippen molar-refractivity contribution in [3.05, 3.63) is 85.2 Å². The van der Waals surface area contributed by atoms with Crippen molar-refractivity contribution in [3.8, 4) is 33.8 Å². The van der Waals surface area contributed by atoms with Gasteiger partial charge in [-0.05, 0) is 90.2 Å². The van der Waals surface area contributed by atoms with E-state index < -0.39 is 0 Å². The SMILES string of the molecule is c1cc2c(cc1-c1ccc3[nH]ncc3c1)Oc1cc(-c3ccc4[nH]ncc4c3)ccc1N2CCCCN1CCOCC1. The van der Waals surface area contributed by atoms with Crippen LogP contribution < -0.4 is 9.64 Å². The highest BCUT2D eigenvalue weighted by Crippen LogP contribution is 2.49. The molecular formula is C34H32N6O2. The Labute approximate surface area is 243 Å². The van der Waals surface area contributed by atoms with Gasteiger partial charge >= 0.3 is 0 Å². The van der Waals surface area contributed by atoms with Crippen molar-refractivity contribution < 1.29 is 9.47 Å². The maximum atomic E-state index is 6.68. The topological polar surface area (TPSA) is 82.3 Å². The minimum Gasteiger partial charge on any atom is -0.453 e. The van der Waals surface area contributed by atoms with Crippen LogP contribution in [-0.4, -0.2) is 64.7 Å². The summed E-state index contributed by atoms with van der Waals surface area (Å²) >= 11 is 0. The first-order chi connectivity index (χ1) is 20.8. The first kappa shape index (κ1) is 25.1. The number of fused-ring (bicyclic) bond motifs is 4. The van der Waals surface area contributed by atoms with Crippen molar-refractivity contribution in [1.82, 2.24) is 25.3 Å². The van der Waals surface area contributed by atoms with Gasteiger partial charge in [-0.3, -0.25) is 15.1 Å². The van der Waals surface area contributed by atoms with Crippen LogP contribution in [0.15, 0.2) is 85.2 Å². The van der Waals surface area contributed by atoms with Gasteiger partial charge in [0.15, 0.2) is 11.5 Å². The quantitative estimate of drug-likeness (QED) is 0.204. The largest absolute Gasteiger partial charge is 0.453 e. The Bertz CT molecular complexity index is 1760. The van der Waals surface area contributed by atoms with Crippen molar-refractivity contribution in [3.63, 3.8) is 0 Å². The lowest BCUT2D eigenvalue weighted by Crippen LogP contribution is -2.37. The number of hydrogen-bond donors (Lipinski definition) is 2. The molecule has 0 spiro atoms. The molecule has 0 aliphatic carbocycles. The molecule has 0 radical (unpaired) electrons. The summed E-state index contributed by atoms with van der Waals surface area (Å²) in [6.45, 7) is 5.78. The molecule has 4 heterocycles. The number of nitrogens with one attached hydrogen (secondary N) is 2. The van der Waals surface area contributed by atoms with Crippen LogP contribution in [0.25, 0.3) is 44.1 Å². The van der Waals surface area contributed by atoms with Gasteiger partial charge in [-0.2, -0.15) is 10.2 Å². The molecule has 0 amide bonds. The molecule has 8 nitrogen and oxygen atoms in total. The number of aromatic amines is 2. The fraction of sp³-hybridized carbons (Fsp3) is 0.235. The van der Waals surface area contributed by atoms with Crippen molar-refractivity contribution in [2.24, 2.45) is 0 Å². The number of anilines is 2. The highest BCUT2D eigenvalue weighted by Gasteiger charge is 2.25. The molecule has 1 saturated heterocycles. The third-order valence-electron chi connectivity index (χ3n) is 8.48. The molecule has 2 aliphatic rings. The number of aromatic nitrogens is 4. The van der Waals surface area contributed by atoms with E-state index >= 15 is 0 Å². The predicted molar refractivity (Wildman–Crippen MR) is 167 cm³/mol. The van der Waals surface area contributed by atoms with Crippen LogP contribution in [0.2, 0.25) is 0 Å². The standard InChI is InChI=1S/C34H32N6O2/c1(11-39-13-15-41-16-14-39)2-12-40-31-9-5-25(23-3-7-29-27(17-23)21-35-37-29)19-33(31)42-34-20-26(6-10-32(34)40)24-4-8-30-28(18-24)22-36-38-30/h3-10,17-22H,1-2,11-16H2,(H,35,37)(H,36,38). The fourth-order valence-electron chi connectivity index (χ4n) is 6.16.